The lowest BCUT2D eigenvalue weighted by molar-refractivity contribution is 0.109. The van der Waals surface area contributed by atoms with Crippen molar-refractivity contribution in [2.24, 2.45) is 11.8 Å². The van der Waals surface area contributed by atoms with Crippen LogP contribution >= 0.6 is 15.9 Å². The van der Waals surface area contributed by atoms with Gasteiger partial charge < -0.3 is 15.4 Å². The summed E-state index contributed by atoms with van der Waals surface area (Å²) < 4.78 is 0.781. The summed E-state index contributed by atoms with van der Waals surface area (Å²) in [5.41, 5.74) is 2.54. The molecule has 0 radical (unpaired) electrons. The molecular weight excluding hydrogens is 298 g/mol. The van der Waals surface area contributed by atoms with Gasteiger partial charge in [-0.2, -0.15) is 0 Å². The summed E-state index contributed by atoms with van der Waals surface area (Å²) in [5, 5.41) is 9.59. The van der Waals surface area contributed by atoms with Crippen LogP contribution in [-0.2, 0) is 0 Å². The molecule has 2 rings (SSSR count). The molecule has 1 fully saturated rings. The molecule has 0 saturated carbocycles. The molecule has 2 heterocycles. The monoisotopic (exact) mass is 315 g/mol. The lowest BCUT2D eigenvalue weighted by Gasteiger charge is -2.34. The number of halogens is 1. The van der Waals surface area contributed by atoms with Gasteiger partial charge in [0, 0.05) is 13.1 Å². The summed E-state index contributed by atoms with van der Waals surface area (Å²) in [6, 6.07) is 0. The van der Waals surface area contributed by atoms with Gasteiger partial charge in [-0.25, -0.2) is 15.8 Å². The van der Waals surface area contributed by atoms with Gasteiger partial charge >= 0.3 is 0 Å². The minimum atomic E-state index is -0.234. The molecule has 0 aromatic carbocycles. The van der Waals surface area contributed by atoms with Crippen LogP contribution in [0.1, 0.15) is 19.8 Å². The van der Waals surface area contributed by atoms with Crippen LogP contribution in [0.25, 0.3) is 0 Å². The van der Waals surface area contributed by atoms with Crippen molar-refractivity contribution in [2.45, 2.75) is 25.9 Å². The van der Waals surface area contributed by atoms with E-state index in [0.29, 0.717) is 11.7 Å². The van der Waals surface area contributed by atoms with Crippen LogP contribution in [0.15, 0.2) is 10.8 Å². The first-order valence-corrected chi connectivity index (χ1v) is 6.83. The summed E-state index contributed by atoms with van der Waals surface area (Å²) in [6.07, 6.45) is 3.21. The zero-order chi connectivity index (χ0) is 13.1. The van der Waals surface area contributed by atoms with Gasteiger partial charge in [-0.15, -0.1) is 0 Å². The summed E-state index contributed by atoms with van der Waals surface area (Å²) in [7, 11) is 0. The van der Waals surface area contributed by atoms with Gasteiger partial charge in [0.05, 0.1) is 6.10 Å². The minimum absolute atomic E-state index is 0.234. The molecule has 0 spiro atoms. The van der Waals surface area contributed by atoms with Crippen LogP contribution in [0.3, 0.4) is 0 Å². The van der Waals surface area contributed by atoms with Gasteiger partial charge in [-0.05, 0) is 41.6 Å². The predicted octanol–water partition coefficient (Wildman–Crippen LogP) is 1.12. The van der Waals surface area contributed by atoms with E-state index >= 15 is 0 Å². The van der Waals surface area contributed by atoms with Crippen molar-refractivity contribution >= 4 is 27.6 Å². The third-order valence-corrected chi connectivity index (χ3v) is 4.16. The Bertz CT molecular complexity index is 406. The van der Waals surface area contributed by atoms with Gasteiger partial charge in [0.1, 0.15) is 16.6 Å². The van der Waals surface area contributed by atoms with Gasteiger partial charge in [-0.1, -0.05) is 0 Å². The van der Waals surface area contributed by atoms with Crippen molar-refractivity contribution in [3.05, 3.63) is 10.8 Å². The first-order valence-electron chi connectivity index (χ1n) is 6.03. The Kier molecular flexibility index (Phi) is 4.36. The predicted molar refractivity (Wildman–Crippen MR) is 74.2 cm³/mol. The average Bonchev–Trinajstić information content (AvgIpc) is 2.39. The topological polar surface area (TPSA) is 87.3 Å². The van der Waals surface area contributed by atoms with E-state index in [1.807, 2.05) is 6.92 Å². The molecule has 100 valence electrons. The number of hydrazine groups is 1. The molecule has 0 amide bonds. The molecule has 4 N–H and O–H groups in total. The second-order valence-corrected chi connectivity index (χ2v) is 5.36. The first-order chi connectivity index (χ1) is 8.63. The largest absolute Gasteiger partial charge is 0.393 e. The van der Waals surface area contributed by atoms with Crippen molar-refractivity contribution in [1.29, 1.82) is 0 Å². The molecule has 1 saturated heterocycles. The molecule has 1 unspecified atom stereocenters. The Morgan fingerprint density at radius 1 is 1.50 bits per heavy atom. The van der Waals surface area contributed by atoms with Crippen LogP contribution in [0, 0.1) is 5.92 Å². The maximum absolute atomic E-state index is 9.59. The highest BCUT2D eigenvalue weighted by Crippen LogP contribution is 2.32. The summed E-state index contributed by atoms with van der Waals surface area (Å²) in [6.45, 7) is 3.63. The van der Waals surface area contributed by atoms with E-state index < -0.39 is 0 Å². The standard InChI is InChI=1S/C11H18BrN5O/c1-7(18)8-2-4-17(5-3-8)11-9(12)10(16-13)14-6-15-11/h6-8,18H,2-5,13H2,1H3,(H,14,15,16). The highest BCUT2D eigenvalue weighted by Gasteiger charge is 2.25. The van der Waals surface area contributed by atoms with Crippen LogP contribution in [-0.4, -0.2) is 34.3 Å². The minimum Gasteiger partial charge on any atom is -0.393 e. The normalized spacial score (nSPS) is 18.8. The summed E-state index contributed by atoms with van der Waals surface area (Å²) >= 11 is 3.46. The van der Waals surface area contributed by atoms with Crippen molar-refractivity contribution in [1.82, 2.24) is 9.97 Å². The Hall–Kier alpha value is -0.920. The molecule has 18 heavy (non-hydrogen) atoms. The summed E-state index contributed by atoms with van der Waals surface area (Å²) in [5.74, 6) is 7.20. The Morgan fingerprint density at radius 2 is 2.17 bits per heavy atom. The lowest BCUT2D eigenvalue weighted by atomic mass is 9.92. The van der Waals surface area contributed by atoms with Crippen LogP contribution in [0.5, 0.6) is 0 Å². The lowest BCUT2D eigenvalue weighted by Crippen LogP contribution is -2.37. The van der Waals surface area contributed by atoms with E-state index in [1.165, 1.54) is 6.33 Å². The number of nitrogens with zero attached hydrogens (tertiary/aromatic N) is 3. The van der Waals surface area contributed by atoms with E-state index in [2.05, 4.69) is 36.2 Å². The zero-order valence-electron chi connectivity index (χ0n) is 10.3. The maximum Gasteiger partial charge on any atom is 0.159 e. The second-order valence-electron chi connectivity index (χ2n) is 4.57. The second kappa shape index (κ2) is 5.81. The number of anilines is 2. The van der Waals surface area contributed by atoms with Crippen molar-refractivity contribution in [3.63, 3.8) is 0 Å². The number of piperidine rings is 1. The quantitative estimate of drug-likeness (QED) is 0.572. The molecule has 0 aliphatic carbocycles. The number of aliphatic hydroxyl groups is 1. The number of nitrogen functional groups attached to an aromatic ring is 1. The first kappa shape index (κ1) is 13.5. The molecular formula is C11H18BrN5O. The average molecular weight is 316 g/mol. The summed E-state index contributed by atoms with van der Waals surface area (Å²) in [4.78, 5) is 10.5. The third kappa shape index (κ3) is 2.73. The van der Waals surface area contributed by atoms with E-state index in [4.69, 9.17) is 5.84 Å². The van der Waals surface area contributed by atoms with Gasteiger partial charge in [0.25, 0.3) is 0 Å². The number of aliphatic hydroxyl groups excluding tert-OH is 1. The smallest absolute Gasteiger partial charge is 0.159 e. The fraction of sp³-hybridized carbons (Fsp3) is 0.636. The highest BCUT2D eigenvalue weighted by atomic mass is 79.9. The molecule has 7 heteroatoms. The van der Waals surface area contributed by atoms with Gasteiger partial charge in [0.15, 0.2) is 5.82 Å². The highest BCUT2D eigenvalue weighted by molar-refractivity contribution is 9.10. The Labute approximate surface area is 115 Å². The number of nitrogens with one attached hydrogen (secondary N) is 1. The zero-order valence-corrected chi connectivity index (χ0v) is 11.9. The molecule has 1 aromatic rings. The van der Waals surface area contributed by atoms with Gasteiger partial charge in [-0.3, -0.25) is 0 Å². The number of aromatic nitrogens is 2. The maximum atomic E-state index is 9.59. The Balaban J connectivity index is 2.10. The van der Waals surface area contributed by atoms with Crippen LogP contribution < -0.4 is 16.2 Å². The van der Waals surface area contributed by atoms with Crippen LogP contribution in [0.2, 0.25) is 0 Å². The molecule has 1 aromatic heterocycles. The fourth-order valence-electron chi connectivity index (χ4n) is 2.28. The molecule has 1 aliphatic rings. The third-order valence-electron chi connectivity index (χ3n) is 3.43. The van der Waals surface area contributed by atoms with Crippen LogP contribution in [0.4, 0.5) is 11.6 Å². The van der Waals surface area contributed by atoms with Crippen molar-refractivity contribution in [2.75, 3.05) is 23.4 Å². The van der Waals surface area contributed by atoms with Crippen molar-refractivity contribution in [3.8, 4) is 0 Å². The van der Waals surface area contributed by atoms with Gasteiger partial charge in [0.2, 0.25) is 0 Å². The number of hydrogen-bond acceptors (Lipinski definition) is 6. The molecule has 0 bridgehead atoms. The van der Waals surface area contributed by atoms with Crippen molar-refractivity contribution < 1.29 is 5.11 Å². The molecule has 6 nitrogen and oxygen atoms in total. The Morgan fingerprint density at radius 3 is 2.72 bits per heavy atom. The number of nitrogens with two attached hydrogens (primary N) is 1. The van der Waals surface area contributed by atoms with E-state index in [0.717, 1.165) is 36.2 Å². The fourth-order valence-corrected chi connectivity index (χ4v) is 2.85. The SMILES string of the molecule is CC(O)C1CCN(c2ncnc(NN)c2Br)CC1. The van der Waals surface area contributed by atoms with E-state index in [-0.39, 0.29) is 6.10 Å². The molecule has 1 aliphatic heterocycles. The number of rotatable bonds is 3. The number of hydrogen-bond donors (Lipinski definition) is 3. The van der Waals surface area contributed by atoms with E-state index in [9.17, 15) is 5.11 Å². The molecule has 1 atom stereocenters. The van der Waals surface area contributed by atoms with E-state index in [1.54, 1.807) is 0 Å².